The van der Waals surface area contributed by atoms with Crippen LogP contribution in [0.2, 0.25) is 0 Å². The molecule has 0 atom stereocenters. The number of ether oxygens (including phenoxy) is 2. The van der Waals surface area contributed by atoms with Gasteiger partial charge in [0.05, 0.1) is 4.90 Å². The summed E-state index contributed by atoms with van der Waals surface area (Å²) in [5, 5.41) is 0. The molecular weight excluding hydrogens is 306 g/mol. The first kappa shape index (κ1) is 14.9. The normalized spacial score (nSPS) is 13.5. The Bertz CT molecular complexity index is 770. The minimum absolute atomic E-state index is 0.122. The van der Waals surface area contributed by atoms with Crippen LogP contribution in [0.4, 0.5) is 0 Å². The maximum atomic E-state index is 12.2. The molecule has 1 aromatic carbocycles. The molecule has 22 heavy (non-hydrogen) atoms. The smallest absolute Gasteiger partial charge is 0.240 e. The lowest BCUT2D eigenvalue weighted by Gasteiger charge is -2.08. The van der Waals surface area contributed by atoms with Crippen LogP contribution in [-0.4, -0.2) is 31.3 Å². The molecule has 0 saturated heterocycles. The van der Waals surface area contributed by atoms with Crippen molar-refractivity contribution in [1.29, 1.82) is 0 Å². The van der Waals surface area contributed by atoms with E-state index in [9.17, 15) is 8.42 Å². The van der Waals surface area contributed by atoms with Crippen LogP contribution in [0.3, 0.4) is 0 Å². The molecule has 0 bridgehead atoms. The molecule has 0 saturated carbocycles. The summed E-state index contributed by atoms with van der Waals surface area (Å²) in [5.74, 6) is 1.94. The van der Waals surface area contributed by atoms with Crippen LogP contribution in [0.5, 0.6) is 11.5 Å². The Morgan fingerprint density at radius 1 is 1.32 bits per heavy atom. The number of sulfonamides is 1. The molecule has 0 aliphatic carbocycles. The first-order valence-corrected chi connectivity index (χ1v) is 8.42. The third kappa shape index (κ3) is 3.07. The molecule has 8 heteroatoms. The predicted molar refractivity (Wildman–Crippen MR) is 79.3 cm³/mol. The maximum absolute atomic E-state index is 12.2. The van der Waals surface area contributed by atoms with E-state index < -0.39 is 10.0 Å². The summed E-state index contributed by atoms with van der Waals surface area (Å²) < 4.78 is 39.4. The maximum Gasteiger partial charge on any atom is 0.240 e. The van der Waals surface area contributed by atoms with Crippen LogP contribution in [0.1, 0.15) is 12.2 Å². The zero-order valence-corrected chi connectivity index (χ0v) is 13.0. The lowest BCUT2D eigenvalue weighted by molar-refractivity contribution is 0.174. The van der Waals surface area contributed by atoms with Gasteiger partial charge >= 0.3 is 0 Å². The summed E-state index contributed by atoms with van der Waals surface area (Å²) in [6.45, 7) is 3.11. The zero-order valence-electron chi connectivity index (χ0n) is 12.2. The zero-order chi connectivity index (χ0) is 15.6. The van der Waals surface area contributed by atoms with E-state index in [1.54, 1.807) is 12.3 Å². The Hall–Kier alpha value is -2.06. The van der Waals surface area contributed by atoms with Crippen molar-refractivity contribution in [1.82, 2.24) is 14.3 Å². The van der Waals surface area contributed by atoms with Crippen molar-refractivity contribution >= 4 is 10.0 Å². The van der Waals surface area contributed by atoms with E-state index in [1.807, 2.05) is 17.7 Å². The summed E-state index contributed by atoms with van der Waals surface area (Å²) in [5.41, 5.74) is 0. The van der Waals surface area contributed by atoms with E-state index in [0.29, 0.717) is 24.5 Å². The van der Waals surface area contributed by atoms with E-state index in [-0.39, 0.29) is 11.7 Å². The summed E-state index contributed by atoms with van der Waals surface area (Å²) in [7, 11) is -3.54. The van der Waals surface area contributed by atoms with Gasteiger partial charge < -0.3 is 14.0 Å². The highest BCUT2D eigenvalue weighted by Crippen LogP contribution is 2.33. The molecule has 1 N–H and O–H groups in total. The van der Waals surface area contributed by atoms with Crippen LogP contribution in [0.25, 0.3) is 0 Å². The number of hydrogen-bond donors (Lipinski definition) is 1. The first-order chi connectivity index (χ1) is 10.6. The summed E-state index contributed by atoms with van der Waals surface area (Å²) in [6, 6.07) is 4.59. The standard InChI is InChI=1S/C14H17N3O4S/c1-11-15-6-8-17(11)7-2-5-16-22(18,19)12-3-4-13-14(9-12)21-10-20-13/h3-4,6,8-9,16H,2,5,7,10H2,1H3. The lowest BCUT2D eigenvalue weighted by Crippen LogP contribution is -2.25. The Morgan fingerprint density at radius 3 is 2.91 bits per heavy atom. The van der Waals surface area contributed by atoms with Crippen LogP contribution < -0.4 is 14.2 Å². The second-order valence-electron chi connectivity index (χ2n) is 4.93. The molecule has 7 nitrogen and oxygen atoms in total. The summed E-state index contributed by atoms with van der Waals surface area (Å²) in [4.78, 5) is 4.30. The highest BCUT2D eigenvalue weighted by Gasteiger charge is 2.19. The Morgan fingerprint density at radius 2 is 2.14 bits per heavy atom. The van der Waals surface area contributed by atoms with Crippen LogP contribution >= 0.6 is 0 Å². The number of rotatable bonds is 6. The van der Waals surface area contributed by atoms with Crippen molar-refractivity contribution in [3.63, 3.8) is 0 Å². The molecular formula is C14H17N3O4S. The van der Waals surface area contributed by atoms with Gasteiger partial charge in [0, 0.05) is 31.5 Å². The van der Waals surface area contributed by atoms with Gasteiger partial charge in [0.15, 0.2) is 11.5 Å². The van der Waals surface area contributed by atoms with Gasteiger partial charge in [-0.15, -0.1) is 0 Å². The number of imidazole rings is 1. The number of aromatic nitrogens is 2. The Balaban J connectivity index is 1.58. The van der Waals surface area contributed by atoms with Crippen molar-refractivity contribution in [3.8, 4) is 11.5 Å². The number of hydrogen-bond acceptors (Lipinski definition) is 5. The van der Waals surface area contributed by atoms with Gasteiger partial charge in [-0.2, -0.15) is 0 Å². The highest BCUT2D eigenvalue weighted by atomic mass is 32.2. The molecule has 3 rings (SSSR count). The van der Waals surface area contributed by atoms with E-state index in [1.165, 1.54) is 12.1 Å². The number of benzene rings is 1. The first-order valence-electron chi connectivity index (χ1n) is 6.93. The van der Waals surface area contributed by atoms with Crippen molar-refractivity contribution < 1.29 is 17.9 Å². The van der Waals surface area contributed by atoms with Gasteiger partial charge in [-0.25, -0.2) is 18.1 Å². The predicted octanol–water partition coefficient (Wildman–Crippen LogP) is 1.29. The van der Waals surface area contributed by atoms with Gasteiger partial charge in [-0.3, -0.25) is 0 Å². The lowest BCUT2D eigenvalue weighted by atomic mass is 10.3. The van der Waals surface area contributed by atoms with Crippen molar-refractivity contribution in [3.05, 3.63) is 36.4 Å². The topological polar surface area (TPSA) is 82.5 Å². The quantitative estimate of drug-likeness (QED) is 0.810. The molecule has 0 fully saturated rings. The largest absolute Gasteiger partial charge is 0.454 e. The molecule has 0 unspecified atom stereocenters. The molecule has 1 aromatic heterocycles. The average molecular weight is 323 g/mol. The fourth-order valence-electron chi connectivity index (χ4n) is 2.22. The van der Waals surface area contributed by atoms with E-state index >= 15 is 0 Å². The SMILES string of the molecule is Cc1nccn1CCCNS(=O)(=O)c1ccc2c(c1)OCO2. The monoisotopic (exact) mass is 323 g/mol. The van der Waals surface area contributed by atoms with Crippen LogP contribution in [0.15, 0.2) is 35.5 Å². The number of nitrogens with zero attached hydrogens (tertiary/aromatic N) is 2. The summed E-state index contributed by atoms with van der Waals surface area (Å²) in [6.07, 6.45) is 4.29. The molecule has 0 amide bonds. The second kappa shape index (κ2) is 5.98. The van der Waals surface area contributed by atoms with Gasteiger partial charge in [0.25, 0.3) is 0 Å². The van der Waals surface area contributed by atoms with Crippen LogP contribution in [-0.2, 0) is 16.6 Å². The second-order valence-corrected chi connectivity index (χ2v) is 6.70. The van der Waals surface area contributed by atoms with Gasteiger partial charge in [0.2, 0.25) is 16.8 Å². The molecule has 2 heterocycles. The van der Waals surface area contributed by atoms with Gasteiger partial charge in [-0.1, -0.05) is 0 Å². The third-order valence-electron chi connectivity index (χ3n) is 3.45. The average Bonchev–Trinajstić information content (AvgIpc) is 3.11. The fourth-order valence-corrected chi connectivity index (χ4v) is 3.31. The third-order valence-corrected chi connectivity index (χ3v) is 4.90. The number of aryl methyl sites for hydroxylation is 2. The van der Waals surface area contributed by atoms with E-state index in [2.05, 4.69) is 9.71 Å². The van der Waals surface area contributed by atoms with Gasteiger partial charge in [-0.05, 0) is 25.5 Å². The molecule has 2 aromatic rings. The molecule has 0 spiro atoms. The fraction of sp³-hybridized carbons (Fsp3) is 0.357. The molecule has 1 aliphatic heterocycles. The number of nitrogens with one attached hydrogen (secondary N) is 1. The Labute approximate surface area is 128 Å². The minimum Gasteiger partial charge on any atom is -0.454 e. The summed E-state index contributed by atoms with van der Waals surface area (Å²) >= 11 is 0. The molecule has 1 aliphatic rings. The van der Waals surface area contributed by atoms with Crippen molar-refractivity contribution in [2.75, 3.05) is 13.3 Å². The van der Waals surface area contributed by atoms with E-state index in [0.717, 1.165) is 12.4 Å². The highest BCUT2D eigenvalue weighted by molar-refractivity contribution is 7.89. The molecule has 118 valence electrons. The van der Waals surface area contributed by atoms with Crippen molar-refractivity contribution in [2.45, 2.75) is 24.8 Å². The van der Waals surface area contributed by atoms with Gasteiger partial charge in [0.1, 0.15) is 5.82 Å². The molecule has 0 radical (unpaired) electrons. The Kier molecular flexibility index (Phi) is 4.04. The number of fused-ring (bicyclic) bond motifs is 1. The van der Waals surface area contributed by atoms with Crippen molar-refractivity contribution in [2.24, 2.45) is 0 Å². The van der Waals surface area contributed by atoms with E-state index in [4.69, 9.17) is 9.47 Å². The van der Waals surface area contributed by atoms with Crippen LogP contribution in [0, 0.1) is 6.92 Å². The minimum atomic E-state index is -3.54.